The molecule has 0 N–H and O–H groups in total. The predicted molar refractivity (Wildman–Crippen MR) is 52.7 cm³/mol. The number of rotatable bonds is 2. The van der Waals surface area contributed by atoms with Gasteiger partial charge in [0.15, 0.2) is 0 Å². The fourth-order valence-corrected chi connectivity index (χ4v) is 1.43. The van der Waals surface area contributed by atoms with Gasteiger partial charge in [0.1, 0.15) is 0 Å². The number of hydrogen-bond acceptors (Lipinski definition) is 4. The molecule has 1 heterocycles. The molecule has 72 valence electrons. The Hall–Kier alpha value is -1.62. The highest BCUT2D eigenvalue weighted by Gasteiger charge is 1.98. The van der Waals surface area contributed by atoms with Gasteiger partial charge < -0.3 is 4.18 Å². The number of benzene rings is 1. The Morgan fingerprint density at radius 2 is 1.86 bits per heavy atom. The van der Waals surface area contributed by atoms with Gasteiger partial charge in [-0.2, -0.15) is 8.42 Å². The van der Waals surface area contributed by atoms with E-state index >= 15 is 0 Å². The van der Waals surface area contributed by atoms with Crippen molar-refractivity contribution in [1.29, 1.82) is 0 Å². The minimum atomic E-state index is -2.89. The lowest BCUT2D eigenvalue weighted by Gasteiger charge is -1.98. The molecule has 0 aliphatic carbocycles. The van der Waals surface area contributed by atoms with Gasteiger partial charge in [-0.3, -0.25) is 0 Å². The minimum Gasteiger partial charge on any atom is -0.364 e. The van der Waals surface area contributed by atoms with Crippen molar-refractivity contribution >= 4 is 21.9 Å². The van der Waals surface area contributed by atoms with E-state index in [9.17, 15) is 8.42 Å². The van der Waals surface area contributed by atoms with E-state index in [2.05, 4.69) is 9.17 Å². The number of nitrogens with zero attached hydrogens (tertiary/aromatic N) is 1. The van der Waals surface area contributed by atoms with Crippen molar-refractivity contribution in [3.63, 3.8) is 0 Å². The van der Waals surface area contributed by atoms with Gasteiger partial charge in [0.25, 0.3) is 0 Å². The van der Waals surface area contributed by atoms with E-state index in [1.54, 1.807) is 12.1 Å². The number of thiol groups is 1. The second-order valence-corrected chi connectivity index (χ2v) is 3.29. The Labute approximate surface area is 82.3 Å². The second-order valence-electron chi connectivity index (χ2n) is 2.66. The average Bonchev–Trinajstić information content (AvgIpc) is 2.17. The maximum atomic E-state index is 10.3. The van der Waals surface area contributed by atoms with E-state index < -0.39 is 11.0 Å². The van der Waals surface area contributed by atoms with E-state index in [4.69, 9.17) is 0 Å². The summed E-state index contributed by atoms with van der Waals surface area (Å²) in [6, 6.07) is 10.7. The summed E-state index contributed by atoms with van der Waals surface area (Å²) in [5.74, 6) is 0.0970. The molecule has 0 spiro atoms. The SMILES string of the molecule is O=[SH](=O)Oc1ccc2ccccc2n1. The molecule has 1 aromatic heterocycles. The number of para-hydroxylation sites is 1. The lowest BCUT2D eigenvalue weighted by atomic mass is 10.2. The molecular weight excluding hydrogens is 202 g/mol. The predicted octanol–water partition coefficient (Wildman–Crippen LogP) is 1.14. The van der Waals surface area contributed by atoms with Gasteiger partial charge in [-0.25, -0.2) is 4.98 Å². The molecule has 4 nitrogen and oxygen atoms in total. The van der Waals surface area contributed by atoms with Gasteiger partial charge in [0.05, 0.1) is 5.52 Å². The Morgan fingerprint density at radius 3 is 2.64 bits per heavy atom. The third-order valence-corrected chi connectivity index (χ3v) is 2.08. The van der Waals surface area contributed by atoms with E-state index in [0.717, 1.165) is 5.39 Å². The van der Waals surface area contributed by atoms with E-state index in [0.29, 0.717) is 5.52 Å². The largest absolute Gasteiger partial charge is 0.364 e. The third kappa shape index (κ3) is 1.82. The molecule has 0 fully saturated rings. The molecule has 2 aromatic rings. The van der Waals surface area contributed by atoms with Crippen LogP contribution in [0, 0.1) is 0 Å². The van der Waals surface area contributed by atoms with Crippen molar-refractivity contribution in [2.24, 2.45) is 0 Å². The fourth-order valence-electron chi connectivity index (χ4n) is 1.17. The van der Waals surface area contributed by atoms with Gasteiger partial charge in [-0.15, -0.1) is 0 Å². The molecule has 0 bridgehead atoms. The second kappa shape index (κ2) is 3.63. The maximum Gasteiger partial charge on any atom is 0.300 e. The summed E-state index contributed by atoms with van der Waals surface area (Å²) in [7, 11) is -2.89. The summed E-state index contributed by atoms with van der Waals surface area (Å²) in [5, 5.41) is 0.945. The number of hydrogen-bond donors (Lipinski definition) is 1. The highest BCUT2D eigenvalue weighted by atomic mass is 32.2. The molecule has 0 aliphatic heterocycles. The minimum absolute atomic E-state index is 0.0970. The zero-order chi connectivity index (χ0) is 9.97. The molecule has 1 aromatic carbocycles. The molecule has 2 rings (SSSR count). The summed E-state index contributed by atoms with van der Waals surface area (Å²) >= 11 is 0. The van der Waals surface area contributed by atoms with Crippen LogP contribution < -0.4 is 4.18 Å². The van der Waals surface area contributed by atoms with Crippen LogP contribution in [0.1, 0.15) is 0 Å². The Balaban J connectivity index is 2.51. The average molecular weight is 209 g/mol. The lowest BCUT2D eigenvalue weighted by molar-refractivity contribution is 0.501. The summed E-state index contributed by atoms with van der Waals surface area (Å²) < 4.78 is 25.0. The summed E-state index contributed by atoms with van der Waals surface area (Å²) in [6.07, 6.45) is 0. The monoisotopic (exact) mass is 209 g/mol. The van der Waals surface area contributed by atoms with Crippen LogP contribution in [-0.4, -0.2) is 13.4 Å². The standard InChI is InChI=1S/C9H7NO3S/c11-14(12)13-9-6-5-7-3-1-2-4-8(7)10-9/h1-6,14H. The topological polar surface area (TPSA) is 56.3 Å². The normalized spacial score (nSPS) is 10.6. The molecule has 0 aliphatic rings. The van der Waals surface area contributed by atoms with Gasteiger partial charge in [0, 0.05) is 11.5 Å². The third-order valence-electron chi connectivity index (χ3n) is 1.74. The molecule has 0 amide bonds. The first kappa shape index (κ1) is 8.96. The Bertz CT molecular complexity index is 528. The summed E-state index contributed by atoms with van der Waals surface area (Å²) in [4.78, 5) is 4.01. The van der Waals surface area contributed by atoms with E-state index in [-0.39, 0.29) is 5.88 Å². The first-order chi connectivity index (χ1) is 6.75. The zero-order valence-corrected chi connectivity index (χ0v) is 7.98. The molecule has 0 unspecified atom stereocenters. The van der Waals surface area contributed by atoms with Crippen molar-refractivity contribution in [1.82, 2.24) is 4.98 Å². The Morgan fingerprint density at radius 1 is 1.07 bits per heavy atom. The number of fused-ring (bicyclic) bond motifs is 1. The van der Waals surface area contributed by atoms with Crippen LogP contribution in [0.2, 0.25) is 0 Å². The van der Waals surface area contributed by atoms with Crippen LogP contribution in [0.3, 0.4) is 0 Å². The molecule has 14 heavy (non-hydrogen) atoms. The highest BCUT2D eigenvalue weighted by Crippen LogP contribution is 2.15. The smallest absolute Gasteiger partial charge is 0.300 e. The van der Waals surface area contributed by atoms with Crippen molar-refractivity contribution in [2.45, 2.75) is 0 Å². The summed E-state index contributed by atoms with van der Waals surface area (Å²) in [6.45, 7) is 0. The fraction of sp³-hybridized carbons (Fsp3) is 0. The zero-order valence-electron chi connectivity index (χ0n) is 7.08. The van der Waals surface area contributed by atoms with Crippen LogP contribution in [0.25, 0.3) is 10.9 Å². The van der Waals surface area contributed by atoms with Crippen molar-refractivity contribution in [3.8, 4) is 5.88 Å². The molecule has 0 saturated heterocycles. The van der Waals surface area contributed by atoms with Crippen molar-refractivity contribution < 1.29 is 12.6 Å². The molecular formula is C9H7NO3S. The first-order valence-corrected chi connectivity index (χ1v) is 5.03. The number of pyridine rings is 1. The van der Waals surface area contributed by atoms with Crippen LogP contribution in [-0.2, 0) is 11.0 Å². The van der Waals surface area contributed by atoms with Gasteiger partial charge in [-0.05, 0) is 12.1 Å². The summed E-state index contributed by atoms with van der Waals surface area (Å²) in [5.41, 5.74) is 0.710. The lowest BCUT2D eigenvalue weighted by Crippen LogP contribution is -1.92. The molecule has 0 atom stereocenters. The van der Waals surface area contributed by atoms with Crippen LogP contribution in [0.15, 0.2) is 36.4 Å². The van der Waals surface area contributed by atoms with Crippen molar-refractivity contribution in [3.05, 3.63) is 36.4 Å². The van der Waals surface area contributed by atoms with E-state index in [1.165, 1.54) is 6.07 Å². The van der Waals surface area contributed by atoms with Crippen molar-refractivity contribution in [2.75, 3.05) is 0 Å². The molecule has 0 saturated carbocycles. The van der Waals surface area contributed by atoms with Gasteiger partial charge >= 0.3 is 11.0 Å². The Kier molecular flexibility index (Phi) is 2.32. The van der Waals surface area contributed by atoms with Crippen LogP contribution >= 0.6 is 0 Å². The maximum absolute atomic E-state index is 10.3. The quantitative estimate of drug-likeness (QED) is 0.753. The number of aromatic nitrogens is 1. The first-order valence-electron chi connectivity index (χ1n) is 3.94. The van der Waals surface area contributed by atoms with Gasteiger partial charge in [0.2, 0.25) is 5.88 Å². The van der Waals surface area contributed by atoms with E-state index in [1.807, 2.05) is 18.2 Å². The van der Waals surface area contributed by atoms with Gasteiger partial charge in [-0.1, -0.05) is 18.2 Å². The van der Waals surface area contributed by atoms with Crippen LogP contribution in [0.4, 0.5) is 0 Å². The molecule has 0 radical (unpaired) electrons. The molecule has 5 heteroatoms. The van der Waals surface area contributed by atoms with Crippen LogP contribution in [0.5, 0.6) is 5.88 Å². The highest BCUT2D eigenvalue weighted by molar-refractivity contribution is 7.67.